The predicted octanol–water partition coefficient (Wildman–Crippen LogP) is 2.44. The van der Waals surface area contributed by atoms with Crippen LogP contribution in [0.15, 0.2) is 18.5 Å². The molecule has 0 aliphatic carbocycles. The number of hydrogen-bond donors (Lipinski definition) is 1. The second-order valence-corrected chi connectivity index (χ2v) is 5.11. The summed E-state index contributed by atoms with van der Waals surface area (Å²) in [7, 11) is 0. The fourth-order valence-corrected chi connectivity index (χ4v) is 2.51. The lowest BCUT2D eigenvalue weighted by atomic mass is 9.99. The maximum absolute atomic E-state index is 5.74. The summed E-state index contributed by atoms with van der Waals surface area (Å²) in [5, 5.41) is 3.62. The van der Waals surface area contributed by atoms with Crippen LogP contribution in [0.1, 0.15) is 37.8 Å². The molecule has 0 amide bonds. The summed E-state index contributed by atoms with van der Waals surface area (Å²) in [6.45, 7) is 7.34. The highest BCUT2D eigenvalue weighted by atomic mass is 16.5. The van der Waals surface area contributed by atoms with E-state index in [1.807, 2.05) is 12.4 Å². The number of pyridine rings is 1. The summed E-state index contributed by atoms with van der Waals surface area (Å²) in [6.07, 6.45) is 6.73. The quantitative estimate of drug-likeness (QED) is 0.872. The highest BCUT2D eigenvalue weighted by Gasteiger charge is 2.23. The van der Waals surface area contributed by atoms with Crippen LogP contribution in [0.25, 0.3) is 0 Å². The minimum Gasteiger partial charge on any atom is -0.375 e. The third kappa shape index (κ3) is 3.51. The van der Waals surface area contributed by atoms with Gasteiger partial charge >= 0.3 is 0 Å². The second kappa shape index (κ2) is 5.61. The Morgan fingerprint density at radius 1 is 1.35 bits per heavy atom. The molecule has 94 valence electrons. The monoisotopic (exact) mass is 234 g/mol. The Labute approximate surface area is 104 Å². The summed E-state index contributed by atoms with van der Waals surface area (Å²) in [6, 6.07) is 2.63. The van der Waals surface area contributed by atoms with Crippen LogP contribution in [0.4, 0.5) is 0 Å². The van der Waals surface area contributed by atoms with E-state index in [2.05, 4.69) is 37.1 Å². The Bertz CT molecular complexity index is 357. The number of rotatable bonds is 3. The van der Waals surface area contributed by atoms with Crippen molar-refractivity contribution in [1.82, 2.24) is 10.3 Å². The van der Waals surface area contributed by atoms with Crippen LogP contribution in [0.2, 0.25) is 0 Å². The molecule has 1 saturated heterocycles. The summed E-state index contributed by atoms with van der Waals surface area (Å²) in [5.41, 5.74) is 2.60. The standard InChI is InChI=1S/C14H22N2O/c1-10-4-5-15-8-13(10)9-16-14-6-11(2)17-12(3)7-14/h4-5,8,11-12,14,16H,6-7,9H2,1-3H3. The first-order valence-corrected chi connectivity index (χ1v) is 6.43. The molecule has 2 unspecified atom stereocenters. The van der Waals surface area contributed by atoms with E-state index in [4.69, 9.17) is 4.74 Å². The minimum atomic E-state index is 0.367. The molecule has 0 radical (unpaired) electrons. The molecule has 2 rings (SSSR count). The maximum atomic E-state index is 5.74. The number of aryl methyl sites for hydroxylation is 1. The highest BCUT2D eigenvalue weighted by Crippen LogP contribution is 2.19. The maximum Gasteiger partial charge on any atom is 0.0565 e. The number of hydrogen-bond acceptors (Lipinski definition) is 3. The van der Waals surface area contributed by atoms with Gasteiger partial charge in [-0.15, -0.1) is 0 Å². The highest BCUT2D eigenvalue weighted by molar-refractivity contribution is 5.21. The Hall–Kier alpha value is -0.930. The van der Waals surface area contributed by atoms with Crippen molar-refractivity contribution < 1.29 is 4.74 Å². The van der Waals surface area contributed by atoms with Gasteiger partial charge in [-0.3, -0.25) is 4.98 Å². The normalized spacial score (nSPS) is 29.2. The molecule has 1 aliphatic heterocycles. The van der Waals surface area contributed by atoms with Gasteiger partial charge in [-0.1, -0.05) is 0 Å². The minimum absolute atomic E-state index is 0.367. The van der Waals surface area contributed by atoms with E-state index in [9.17, 15) is 0 Å². The lowest BCUT2D eigenvalue weighted by Gasteiger charge is -2.32. The first-order chi connectivity index (χ1) is 8.15. The summed E-state index contributed by atoms with van der Waals surface area (Å²) < 4.78 is 5.74. The van der Waals surface area contributed by atoms with Crippen molar-refractivity contribution in [1.29, 1.82) is 0 Å². The first kappa shape index (κ1) is 12.5. The van der Waals surface area contributed by atoms with Gasteiger partial charge in [0.15, 0.2) is 0 Å². The Kier molecular flexibility index (Phi) is 4.13. The molecule has 2 heterocycles. The van der Waals surface area contributed by atoms with Gasteiger partial charge in [0.25, 0.3) is 0 Å². The molecule has 0 saturated carbocycles. The topological polar surface area (TPSA) is 34.2 Å². The van der Waals surface area contributed by atoms with Gasteiger partial charge in [-0.25, -0.2) is 0 Å². The van der Waals surface area contributed by atoms with Crippen molar-refractivity contribution in [3.05, 3.63) is 29.6 Å². The van der Waals surface area contributed by atoms with Gasteiger partial charge in [0.1, 0.15) is 0 Å². The van der Waals surface area contributed by atoms with Gasteiger partial charge in [0.05, 0.1) is 12.2 Å². The lowest BCUT2D eigenvalue weighted by molar-refractivity contribution is -0.0423. The Morgan fingerprint density at radius 2 is 2.06 bits per heavy atom. The molecule has 2 atom stereocenters. The summed E-state index contributed by atoms with van der Waals surface area (Å²) >= 11 is 0. The van der Waals surface area contributed by atoms with Gasteiger partial charge in [0, 0.05) is 25.0 Å². The van der Waals surface area contributed by atoms with Gasteiger partial charge < -0.3 is 10.1 Å². The van der Waals surface area contributed by atoms with Crippen LogP contribution in [-0.2, 0) is 11.3 Å². The van der Waals surface area contributed by atoms with Crippen LogP contribution in [-0.4, -0.2) is 23.2 Å². The van der Waals surface area contributed by atoms with Crippen LogP contribution >= 0.6 is 0 Å². The van der Waals surface area contributed by atoms with Crippen molar-refractivity contribution >= 4 is 0 Å². The van der Waals surface area contributed by atoms with Gasteiger partial charge in [-0.05, 0) is 50.8 Å². The molecule has 1 N–H and O–H groups in total. The largest absolute Gasteiger partial charge is 0.375 e. The van der Waals surface area contributed by atoms with E-state index < -0.39 is 0 Å². The predicted molar refractivity (Wildman–Crippen MR) is 68.8 cm³/mol. The molecule has 3 nitrogen and oxygen atoms in total. The Morgan fingerprint density at radius 3 is 2.71 bits per heavy atom. The Balaban J connectivity index is 1.88. The zero-order valence-electron chi connectivity index (χ0n) is 10.9. The number of ether oxygens (including phenoxy) is 1. The number of nitrogens with one attached hydrogen (secondary N) is 1. The van der Waals surface area contributed by atoms with Crippen molar-refractivity contribution in [2.24, 2.45) is 0 Å². The van der Waals surface area contributed by atoms with Crippen molar-refractivity contribution in [2.75, 3.05) is 0 Å². The molecule has 1 aromatic heterocycles. The molecule has 17 heavy (non-hydrogen) atoms. The van der Waals surface area contributed by atoms with Crippen LogP contribution < -0.4 is 5.32 Å². The second-order valence-electron chi connectivity index (χ2n) is 5.11. The van der Waals surface area contributed by atoms with Gasteiger partial charge in [0.2, 0.25) is 0 Å². The van der Waals surface area contributed by atoms with Crippen molar-refractivity contribution in [2.45, 2.75) is 58.4 Å². The van der Waals surface area contributed by atoms with Crippen LogP contribution in [0.5, 0.6) is 0 Å². The van der Waals surface area contributed by atoms with Gasteiger partial charge in [-0.2, -0.15) is 0 Å². The summed E-state index contributed by atoms with van der Waals surface area (Å²) in [4.78, 5) is 4.17. The number of aromatic nitrogens is 1. The fraction of sp³-hybridized carbons (Fsp3) is 0.643. The molecule has 1 fully saturated rings. The van der Waals surface area contributed by atoms with Crippen LogP contribution in [0.3, 0.4) is 0 Å². The molecule has 0 bridgehead atoms. The van der Waals surface area contributed by atoms with Crippen molar-refractivity contribution in [3.63, 3.8) is 0 Å². The van der Waals surface area contributed by atoms with E-state index in [1.54, 1.807) is 0 Å². The molecular formula is C14H22N2O. The van der Waals surface area contributed by atoms with E-state index in [0.717, 1.165) is 19.4 Å². The molecule has 0 aromatic carbocycles. The van der Waals surface area contributed by atoms with E-state index in [-0.39, 0.29) is 0 Å². The van der Waals surface area contributed by atoms with E-state index >= 15 is 0 Å². The third-order valence-electron chi connectivity index (χ3n) is 3.43. The molecule has 0 spiro atoms. The molecule has 1 aliphatic rings. The van der Waals surface area contributed by atoms with Crippen LogP contribution in [0, 0.1) is 6.92 Å². The zero-order chi connectivity index (χ0) is 12.3. The zero-order valence-corrected chi connectivity index (χ0v) is 10.9. The average Bonchev–Trinajstić information content (AvgIpc) is 2.27. The van der Waals surface area contributed by atoms with E-state index in [1.165, 1.54) is 11.1 Å². The average molecular weight is 234 g/mol. The number of nitrogens with zero attached hydrogens (tertiary/aromatic N) is 1. The smallest absolute Gasteiger partial charge is 0.0565 e. The molecule has 1 aromatic rings. The third-order valence-corrected chi connectivity index (χ3v) is 3.43. The lowest BCUT2D eigenvalue weighted by Crippen LogP contribution is -2.41. The molecule has 3 heteroatoms. The molecular weight excluding hydrogens is 212 g/mol. The first-order valence-electron chi connectivity index (χ1n) is 6.43. The van der Waals surface area contributed by atoms with Crippen molar-refractivity contribution in [3.8, 4) is 0 Å². The SMILES string of the molecule is Cc1ccncc1CNC1CC(C)OC(C)C1. The fourth-order valence-electron chi connectivity index (χ4n) is 2.51. The van der Waals surface area contributed by atoms with E-state index in [0.29, 0.717) is 18.2 Å². The summed E-state index contributed by atoms with van der Waals surface area (Å²) in [5.74, 6) is 0.